The van der Waals surface area contributed by atoms with Crippen LogP contribution in [0.1, 0.15) is 45.6 Å². The number of carbonyl (C=O) groups is 1. The van der Waals surface area contributed by atoms with E-state index in [1.165, 1.54) is 0 Å². The van der Waals surface area contributed by atoms with Gasteiger partial charge in [-0.25, -0.2) is 0 Å². The normalized spacial score (nSPS) is 30.6. The van der Waals surface area contributed by atoms with Gasteiger partial charge in [-0.15, -0.1) is 0 Å². The number of rotatable bonds is 3. The Bertz CT molecular complexity index is 438. The molecule has 1 aliphatic rings. The van der Waals surface area contributed by atoms with E-state index < -0.39 is 5.54 Å². The van der Waals surface area contributed by atoms with E-state index >= 15 is 0 Å². The molecule has 1 aliphatic carbocycles. The van der Waals surface area contributed by atoms with E-state index in [2.05, 4.69) is 13.8 Å². The zero-order valence-electron chi connectivity index (χ0n) is 12.2. The summed E-state index contributed by atoms with van der Waals surface area (Å²) in [5.74, 6) is 1.68. The molecule has 4 atom stereocenters. The van der Waals surface area contributed by atoms with Crippen LogP contribution in [0.4, 0.5) is 0 Å². The summed E-state index contributed by atoms with van der Waals surface area (Å²) in [6.45, 7) is 6.39. The third kappa shape index (κ3) is 2.89. The Morgan fingerprint density at radius 1 is 1.16 bits per heavy atom. The Labute approximate surface area is 116 Å². The van der Waals surface area contributed by atoms with Crippen LogP contribution in [-0.2, 0) is 10.3 Å². The second-order valence-corrected chi connectivity index (χ2v) is 6.40. The molecule has 0 bridgehead atoms. The number of carbonyl (C=O) groups excluding carboxylic acids is 1. The SMILES string of the molecule is CC1CCC(C(=O)C(C)(N)c2ccccc2)CC1C. The third-order valence-electron chi connectivity index (χ3n) is 4.85. The molecule has 19 heavy (non-hydrogen) atoms. The highest BCUT2D eigenvalue weighted by atomic mass is 16.1. The maximum absolute atomic E-state index is 12.7. The largest absolute Gasteiger partial charge is 0.315 e. The van der Waals surface area contributed by atoms with Crippen molar-refractivity contribution < 1.29 is 4.79 Å². The van der Waals surface area contributed by atoms with Crippen LogP contribution in [0.25, 0.3) is 0 Å². The van der Waals surface area contributed by atoms with Crippen molar-refractivity contribution in [3.8, 4) is 0 Å². The first-order chi connectivity index (χ1) is 8.93. The van der Waals surface area contributed by atoms with Crippen LogP contribution in [0, 0.1) is 17.8 Å². The number of hydrogen-bond donors (Lipinski definition) is 1. The van der Waals surface area contributed by atoms with E-state index in [1.807, 2.05) is 37.3 Å². The van der Waals surface area contributed by atoms with Gasteiger partial charge >= 0.3 is 0 Å². The van der Waals surface area contributed by atoms with E-state index in [0.717, 1.165) is 30.7 Å². The molecule has 104 valence electrons. The van der Waals surface area contributed by atoms with Crippen molar-refractivity contribution in [3.63, 3.8) is 0 Å². The molecule has 2 heteroatoms. The van der Waals surface area contributed by atoms with Crippen LogP contribution in [0.2, 0.25) is 0 Å². The fraction of sp³-hybridized carbons (Fsp3) is 0.588. The summed E-state index contributed by atoms with van der Waals surface area (Å²) in [6, 6.07) is 9.74. The fourth-order valence-electron chi connectivity index (χ4n) is 3.14. The number of hydrogen-bond acceptors (Lipinski definition) is 2. The van der Waals surface area contributed by atoms with Crippen molar-refractivity contribution in [3.05, 3.63) is 35.9 Å². The minimum absolute atomic E-state index is 0.126. The summed E-state index contributed by atoms with van der Waals surface area (Å²) < 4.78 is 0. The van der Waals surface area contributed by atoms with Crippen LogP contribution in [0.15, 0.2) is 30.3 Å². The first-order valence-corrected chi connectivity index (χ1v) is 7.31. The Balaban J connectivity index is 2.15. The maximum Gasteiger partial charge on any atom is 0.159 e. The Morgan fingerprint density at radius 3 is 2.37 bits per heavy atom. The molecular formula is C17H25NO. The molecule has 2 N–H and O–H groups in total. The van der Waals surface area contributed by atoms with Gasteiger partial charge < -0.3 is 5.73 Å². The highest BCUT2D eigenvalue weighted by molar-refractivity contribution is 5.91. The highest BCUT2D eigenvalue weighted by Gasteiger charge is 2.38. The zero-order chi connectivity index (χ0) is 14.0. The van der Waals surface area contributed by atoms with E-state index in [9.17, 15) is 4.79 Å². The molecular weight excluding hydrogens is 234 g/mol. The second kappa shape index (κ2) is 5.46. The Kier molecular flexibility index (Phi) is 4.10. The molecule has 0 amide bonds. The minimum Gasteiger partial charge on any atom is -0.315 e. The quantitative estimate of drug-likeness (QED) is 0.902. The summed E-state index contributed by atoms with van der Waals surface area (Å²) in [7, 11) is 0. The highest BCUT2D eigenvalue weighted by Crippen LogP contribution is 2.36. The number of Topliss-reactive ketones (excluding diaryl/α,β-unsaturated/α-hetero) is 1. The molecule has 0 aromatic heterocycles. The molecule has 4 unspecified atom stereocenters. The van der Waals surface area contributed by atoms with Crippen molar-refractivity contribution in [2.24, 2.45) is 23.5 Å². The zero-order valence-corrected chi connectivity index (χ0v) is 12.2. The van der Waals surface area contributed by atoms with Gasteiger partial charge in [0.2, 0.25) is 0 Å². The van der Waals surface area contributed by atoms with E-state index in [-0.39, 0.29) is 11.7 Å². The van der Waals surface area contributed by atoms with Crippen molar-refractivity contribution in [2.75, 3.05) is 0 Å². The minimum atomic E-state index is -0.855. The third-order valence-corrected chi connectivity index (χ3v) is 4.85. The van der Waals surface area contributed by atoms with Crippen molar-refractivity contribution in [1.82, 2.24) is 0 Å². The number of nitrogens with two attached hydrogens (primary N) is 1. The molecule has 1 aromatic carbocycles. The first kappa shape index (κ1) is 14.3. The van der Waals surface area contributed by atoms with E-state index in [0.29, 0.717) is 5.92 Å². The summed E-state index contributed by atoms with van der Waals surface area (Å²) in [5.41, 5.74) is 6.41. The molecule has 1 aromatic rings. The van der Waals surface area contributed by atoms with Crippen molar-refractivity contribution >= 4 is 5.78 Å². The van der Waals surface area contributed by atoms with Gasteiger partial charge in [-0.1, -0.05) is 44.2 Å². The van der Waals surface area contributed by atoms with Crippen LogP contribution in [0.5, 0.6) is 0 Å². The van der Waals surface area contributed by atoms with Crippen molar-refractivity contribution in [2.45, 2.75) is 45.6 Å². The van der Waals surface area contributed by atoms with Crippen molar-refractivity contribution in [1.29, 1.82) is 0 Å². The molecule has 1 fully saturated rings. The Hall–Kier alpha value is -1.15. The molecule has 0 saturated heterocycles. The van der Waals surface area contributed by atoms with Gasteiger partial charge in [-0.3, -0.25) is 4.79 Å². The smallest absolute Gasteiger partial charge is 0.159 e. The number of benzene rings is 1. The standard InChI is InChI=1S/C17H25NO/c1-12-9-10-14(11-13(12)2)16(19)17(3,18)15-7-5-4-6-8-15/h4-8,12-14H,9-11,18H2,1-3H3. The van der Waals surface area contributed by atoms with Crippen LogP contribution in [-0.4, -0.2) is 5.78 Å². The van der Waals surface area contributed by atoms with Gasteiger partial charge in [0.25, 0.3) is 0 Å². The second-order valence-electron chi connectivity index (χ2n) is 6.40. The lowest BCUT2D eigenvalue weighted by Crippen LogP contribution is -2.46. The molecule has 2 nitrogen and oxygen atoms in total. The van der Waals surface area contributed by atoms with Gasteiger partial charge in [0.05, 0.1) is 5.54 Å². The predicted octanol–water partition coefficient (Wildman–Crippen LogP) is 3.50. The number of ketones is 1. The monoisotopic (exact) mass is 259 g/mol. The van der Waals surface area contributed by atoms with E-state index in [1.54, 1.807) is 0 Å². The first-order valence-electron chi connectivity index (χ1n) is 7.31. The molecule has 0 spiro atoms. The molecule has 0 heterocycles. The van der Waals surface area contributed by atoms with Gasteiger partial charge in [-0.05, 0) is 43.6 Å². The molecule has 2 rings (SSSR count). The topological polar surface area (TPSA) is 43.1 Å². The predicted molar refractivity (Wildman–Crippen MR) is 78.7 cm³/mol. The lowest BCUT2D eigenvalue weighted by atomic mass is 9.70. The summed E-state index contributed by atoms with van der Waals surface area (Å²) in [6.07, 6.45) is 3.12. The summed E-state index contributed by atoms with van der Waals surface area (Å²) in [5, 5.41) is 0. The molecule has 1 saturated carbocycles. The van der Waals surface area contributed by atoms with Crippen LogP contribution < -0.4 is 5.73 Å². The summed E-state index contributed by atoms with van der Waals surface area (Å²) in [4.78, 5) is 12.7. The van der Waals surface area contributed by atoms with Gasteiger partial charge in [0.1, 0.15) is 0 Å². The lowest BCUT2D eigenvalue weighted by Gasteiger charge is -2.35. The van der Waals surface area contributed by atoms with Gasteiger partial charge in [0.15, 0.2) is 5.78 Å². The van der Waals surface area contributed by atoms with Crippen LogP contribution >= 0.6 is 0 Å². The Morgan fingerprint density at radius 2 is 1.79 bits per heavy atom. The lowest BCUT2D eigenvalue weighted by molar-refractivity contribution is -0.129. The molecule has 0 radical (unpaired) electrons. The average molecular weight is 259 g/mol. The maximum atomic E-state index is 12.7. The van der Waals surface area contributed by atoms with Crippen LogP contribution in [0.3, 0.4) is 0 Å². The summed E-state index contributed by atoms with van der Waals surface area (Å²) >= 11 is 0. The average Bonchev–Trinajstić information content (AvgIpc) is 2.42. The van der Waals surface area contributed by atoms with E-state index in [4.69, 9.17) is 5.73 Å². The fourth-order valence-corrected chi connectivity index (χ4v) is 3.14. The molecule has 0 aliphatic heterocycles. The van der Waals surface area contributed by atoms with Gasteiger partial charge in [0, 0.05) is 5.92 Å². The van der Waals surface area contributed by atoms with Gasteiger partial charge in [-0.2, -0.15) is 0 Å².